The van der Waals surface area contributed by atoms with Crippen molar-refractivity contribution >= 4 is 11.8 Å². The number of hydrogen-bond donors (Lipinski definition) is 4. The number of hydrogen-bond acceptors (Lipinski definition) is 5. The van der Waals surface area contributed by atoms with Crippen LogP contribution >= 0.6 is 0 Å². The molecule has 0 aromatic carbocycles. The fourth-order valence-electron chi connectivity index (χ4n) is 1.23. The standard InChI is InChI=1S/C8H15N3O4/c9-6(13)5(12)3-11-7(14)8(10)1-2-15-4-8/h5,12H,1-4,10H2,(H2,9,13)(H,11,14). The van der Waals surface area contributed by atoms with E-state index in [0.29, 0.717) is 13.0 Å². The van der Waals surface area contributed by atoms with Crippen LogP contribution in [0.15, 0.2) is 0 Å². The maximum absolute atomic E-state index is 11.5. The van der Waals surface area contributed by atoms with E-state index < -0.39 is 23.5 Å². The molecule has 0 saturated carbocycles. The Morgan fingerprint density at radius 1 is 1.60 bits per heavy atom. The smallest absolute Gasteiger partial charge is 0.248 e. The van der Waals surface area contributed by atoms with Gasteiger partial charge in [-0.3, -0.25) is 9.59 Å². The molecule has 7 nitrogen and oxygen atoms in total. The Hall–Kier alpha value is -1.18. The summed E-state index contributed by atoms with van der Waals surface area (Å²) in [7, 11) is 0. The highest BCUT2D eigenvalue weighted by atomic mass is 16.5. The van der Waals surface area contributed by atoms with Crippen LogP contribution in [-0.4, -0.2) is 48.3 Å². The van der Waals surface area contributed by atoms with Gasteiger partial charge in [-0.2, -0.15) is 0 Å². The number of nitrogens with two attached hydrogens (primary N) is 2. The molecule has 15 heavy (non-hydrogen) atoms. The topological polar surface area (TPSA) is 128 Å². The molecule has 7 heteroatoms. The highest BCUT2D eigenvalue weighted by Crippen LogP contribution is 2.15. The van der Waals surface area contributed by atoms with E-state index in [1.165, 1.54) is 0 Å². The van der Waals surface area contributed by atoms with Crippen LogP contribution in [0.25, 0.3) is 0 Å². The number of ether oxygens (including phenoxy) is 1. The van der Waals surface area contributed by atoms with Gasteiger partial charge in [0.05, 0.1) is 13.2 Å². The minimum atomic E-state index is -1.39. The summed E-state index contributed by atoms with van der Waals surface area (Å²) in [4.78, 5) is 22.0. The number of carbonyl (C=O) groups excluding carboxylic acids is 2. The van der Waals surface area contributed by atoms with E-state index in [1.807, 2.05) is 0 Å². The molecule has 2 atom stereocenters. The lowest BCUT2D eigenvalue weighted by molar-refractivity contribution is -0.129. The first-order chi connectivity index (χ1) is 6.96. The molecule has 0 spiro atoms. The molecule has 1 aliphatic rings. The van der Waals surface area contributed by atoms with E-state index in [-0.39, 0.29) is 13.2 Å². The number of aliphatic hydroxyl groups is 1. The van der Waals surface area contributed by atoms with Gasteiger partial charge in [-0.25, -0.2) is 0 Å². The number of rotatable bonds is 4. The van der Waals surface area contributed by atoms with Crippen molar-refractivity contribution in [3.05, 3.63) is 0 Å². The van der Waals surface area contributed by atoms with Crippen LogP contribution in [0.5, 0.6) is 0 Å². The van der Waals surface area contributed by atoms with Gasteiger partial charge in [0.25, 0.3) is 0 Å². The van der Waals surface area contributed by atoms with Gasteiger partial charge in [-0.1, -0.05) is 0 Å². The van der Waals surface area contributed by atoms with E-state index in [4.69, 9.17) is 21.3 Å². The van der Waals surface area contributed by atoms with Gasteiger partial charge in [0, 0.05) is 6.61 Å². The molecule has 1 rings (SSSR count). The lowest BCUT2D eigenvalue weighted by Crippen LogP contribution is -2.56. The number of carbonyl (C=O) groups is 2. The van der Waals surface area contributed by atoms with E-state index in [1.54, 1.807) is 0 Å². The van der Waals surface area contributed by atoms with Gasteiger partial charge in [-0.05, 0) is 6.42 Å². The normalized spacial score (nSPS) is 27.3. The van der Waals surface area contributed by atoms with Gasteiger partial charge < -0.3 is 26.6 Å². The van der Waals surface area contributed by atoms with Crippen molar-refractivity contribution < 1.29 is 19.4 Å². The highest BCUT2D eigenvalue weighted by molar-refractivity contribution is 5.87. The monoisotopic (exact) mass is 217 g/mol. The molecule has 1 saturated heterocycles. The number of aliphatic hydroxyl groups excluding tert-OH is 1. The average molecular weight is 217 g/mol. The summed E-state index contributed by atoms with van der Waals surface area (Å²) < 4.78 is 5.00. The van der Waals surface area contributed by atoms with E-state index in [2.05, 4.69) is 5.32 Å². The Bertz CT molecular complexity index is 263. The second-order valence-electron chi connectivity index (χ2n) is 3.59. The molecule has 1 heterocycles. The minimum Gasteiger partial charge on any atom is -0.381 e. The van der Waals surface area contributed by atoms with Crippen LogP contribution in [0.1, 0.15) is 6.42 Å². The molecular weight excluding hydrogens is 202 g/mol. The van der Waals surface area contributed by atoms with Gasteiger partial charge in [0.1, 0.15) is 11.6 Å². The summed E-state index contributed by atoms with van der Waals surface area (Å²) in [5.74, 6) is -1.33. The van der Waals surface area contributed by atoms with E-state index in [0.717, 1.165) is 0 Å². The maximum Gasteiger partial charge on any atom is 0.248 e. The third-order valence-corrected chi connectivity index (χ3v) is 2.29. The maximum atomic E-state index is 11.5. The summed E-state index contributed by atoms with van der Waals surface area (Å²) in [5, 5.41) is 11.4. The molecule has 6 N–H and O–H groups in total. The van der Waals surface area contributed by atoms with Gasteiger partial charge in [0.15, 0.2) is 0 Å². The summed E-state index contributed by atoms with van der Waals surface area (Å²) >= 11 is 0. The summed E-state index contributed by atoms with van der Waals surface area (Å²) in [6, 6.07) is 0. The van der Waals surface area contributed by atoms with Crippen molar-refractivity contribution in [1.82, 2.24) is 5.32 Å². The van der Waals surface area contributed by atoms with Crippen molar-refractivity contribution in [2.75, 3.05) is 19.8 Å². The lowest BCUT2D eigenvalue weighted by atomic mass is 9.99. The van der Waals surface area contributed by atoms with Crippen LogP contribution < -0.4 is 16.8 Å². The molecule has 0 radical (unpaired) electrons. The first kappa shape index (κ1) is 11.9. The zero-order valence-electron chi connectivity index (χ0n) is 8.23. The minimum absolute atomic E-state index is 0.144. The SMILES string of the molecule is NC(=O)C(O)CNC(=O)C1(N)CCOC1. The lowest BCUT2D eigenvalue weighted by Gasteiger charge is -2.21. The summed E-state index contributed by atoms with van der Waals surface area (Å²) in [6.45, 7) is 0.348. The third kappa shape index (κ3) is 2.88. The summed E-state index contributed by atoms with van der Waals surface area (Å²) in [6.07, 6.45) is -0.967. The van der Waals surface area contributed by atoms with Crippen LogP contribution in [0.3, 0.4) is 0 Å². The fraction of sp³-hybridized carbons (Fsp3) is 0.750. The molecule has 0 aliphatic carbocycles. The number of primary amides is 1. The van der Waals surface area contributed by atoms with Crippen LogP contribution in [0, 0.1) is 0 Å². The second-order valence-corrected chi connectivity index (χ2v) is 3.59. The highest BCUT2D eigenvalue weighted by Gasteiger charge is 2.38. The first-order valence-corrected chi connectivity index (χ1v) is 4.58. The predicted molar refractivity (Wildman–Crippen MR) is 50.6 cm³/mol. The Morgan fingerprint density at radius 2 is 2.27 bits per heavy atom. The molecule has 86 valence electrons. The fourth-order valence-corrected chi connectivity index (χ4v) is 1.23. The van der Waals surface area contributed by atoms with Crippen LogP contribution in [-0.2, 0) is 14.3 Å². The first-order valence-electron chi connectivity index (χ1n) is 4.58. The summed E-state index contributed by atoms with van der Waals surface area (Å²) in [5.41, 5.74) is 9.48. The molecule has 2 amide bonds. The van der Waals surface area contributed by atoms with Crippen LogP contribution in [0.4, 0.5) is 0 Å². The molecule has 2 unspecified atom stereocenters. The second kappa shape index (κ2) is 4.56. The molecule has 0 bridgehead atoms. The van der Waals surface area contributed by atoms with Crippen molar-refractivity contribution in [2.24, 2.45) is 11.5 Å². The van der Waals surface area contributed by atoms with Gasteiger partial charge in [0.2, 0.25) is 11.8 Å². The Labute approximate surface area is 86.7 Å². The van der Waals surface area contributed by atoms with Crippen molar-refractivity contribution in [3.63, 3.8) is 0 Å². The van der Waals surface area contributed by atoms with E-state index in [9.17, 15) is 9.59 Å². The van der Waals surface area contributed by atoms with Crippen LogP contribution in [0.2, 0.25) is 0 Å². The average Bonchev–Trinajstić information content (AvgIpc) is 2.62. The molecular formula is C8H15N3O4. The molecule has 1 aliphatic heterocycles. The van der Waals surface area contributed by atoms with Gasteiger partial charge >= 0.3 is 0 Å². The quantitative estimate of drug-likeness (QED) is 0.400. The van der Waals surface area contributed by atoms with Crippen molar-refractivity contribution in [1.29, 1.82) is 0 Å². The van der Waals surface area contributed by atoms with Gasteiger partial charge in [-0.15, -0.1) is 0 Å². The Kier molecular flexibility index (Phi) is 3.61. The third-order valence-electron chi connectivity index (χ3n) is 2.29. The predicted octanol–water partition coefficient (Wildman–Crippen LogP) is -2.93. The van der Waals surface area contributed by atoms with E-state index >= 15 is 0 Å². The largest absolute Gasteiger partial charge is 0.381 e. The number of amides is 2. The zero-order valence-corrected chi connectivity index (χ0v) is 8.23. The van der Waals surface area contributed by atoms with Crippen molar-refractivity contribution in [2.45, 2.75) is 18.1 Å². The number of nitrogens with one attached hydrogen (secondary N) is 1. The molecule has 0 aromatic rings. The Balaban J connectivity index is 2.39. The molecule has 0 aromatic heterocycles. The Morgan fingerprint density at radius 3 is 2.73 bits per heavy atom. The molecule has 1 fully saturated rings. The zero-order chi connectivity index (χ0) is 11.5. The van der Waals surface area contributed by atoms with Crippen molar-refractivity contribution in [3.8, 4) is 0 Å².